The van der Waals surface area contributed by atoms with Gasteiger partial charge in [0, 0.05) is 38.4 Å². The van der Waals surface area contributed by atoms with E-state index < -0.39 is 0 Å². The van der Waals surface area contributed by atoms with E-state index in [1.807, 2.05) is 17.0 Å². The lowest BCUT2D eigenvalue weighted by atomic mass is 9.89. The maximum Gasteiger partial charge on any atom is 0.236 e. The van der Waals surface area contributed by atoms with Gasteiger partial charge in [-0.3, -0.25) is 9.69 Å². The molecule has 26 heavy (non-hydrogen) atoms. The second-order valence-corrected chi connectivity index (χ2v) is 7.77. The minimum absolute atomic E-state index is 0.295. The minimum atomic E-state index is 0.295. The Labute approximate surface area is 156 Å². The van der Waals surface area contributed by atoms with E-state index in [2.05, 4.69) is 27.2 Å². The maximum atomic E-state index is 12.7. The van der Waals surface area contributed by atoms with Crippen LogP contribution < -0.4 is 15.0 Å². The third-order valence-electron chi connectivity index (χ3n) is 6.22. The summed E-state index contributed by atoms with van der Waals surface area (Å²) in [4.78, 5) is 19.5. The first kappa shape index (κ1) is 17.6. The lowest BCUT2D eigenvalue weighted by Gasteiger charge is -2.38. The summed E-state index contributed by atoms with van der Waals surface area (Å²) < 4.78 is 5.22. The van der Waals surface area contributed by atoms with E-state index in [9.17, 15) is 4.79 Å². The number of ether oxygens (including phenoxy) is 1. The molecule has 3 aliphatic heterocycles. The number of carbonyl (C=O) groups is 1. The van der Waals surface area contributed by atoms with Crippen molar-refractivity contribution in [3.05, 3.63) is 24.3 Å². The predicted octanol–water partition coefficient (Wildman–Crippen LogP) is 0.885. The van der Waals surface area contributed by atoms with Crippen molar-refractivity contribution < 1.29 is 9.53 Å². The summed E-state index contributed by atoms with van der Waals surface area (Å²) >= 11 is 0. The van der Waals surface area contributed by atoms with Gasteiger partial charge in [-0.25, -0.2) is 0 Å². The maximum absolute atomic E-state index is 12.7. The Morgan fingerprint density at radius 2 is 1.81 bits per heavy atom. The van der Waals surface area contributed by atoms with Crippen LogP contribution in [0.3, 0.4) is 0 Å². The number of amides is 1. The third kappa shape index (κ3) is 3.81. The summed E-state index contributed by atoms with van der Waals surface area (Å²) in [5, 5.41) is 3.49. The lowest BCUT2D eigenvalue weighted by molar-refractivity contribution is -0.133. The second-order valence-electron chi connectivity index (χ2n) is 7.77. The first-order valence-electron chi connectivity index (χ1n) is 9.83. The van der Waals surface area contributed by atoms with Gasteiger partial charge in [0.05, 0.1) is 13.7 Å². The van der Waals surface area contributed by atoms with Gasteiger partial charge in [-0.1, -0.05) is 0 Å². The predicted molar refractivity (Wildman–Crippen MR) is 103 cm³/mol. The summed E-state index contributed by atoms with van der Waals surface area (Å²) in [6.07, 6.45) is 1.23. The van der Waals surface area contributed by atoms with Crippen LogP contribution in [-0.4, -0.2) is 81.7 Å². The number of nitrogens with zero attached hydrogens (tertiary/aromatic N) is 3. The first-order valence-corrected chi connectivity index (χ1v) is 9.83. The number of piperidine rings is 1. The lowest BCUT2D eigenvalue weighted by Crippen LogP contribution is -2.52. The smallest absolute Gasteiger partial charge is 0.236 e. The van der Waals surface area contributed by atoms with Crippen molar-refractivity contribution in [2.75, 3.05) is 70.9 Å². The molecule has 0 unspecified atom stereocenters. The Kier molecular flexibility index (Phi) is 5.31. The number of hydrogen-bond acceptors (Lipinski definition) is 5. The summed E-state index contributed by atoms with van der Waals surface area (Å²) in [6, 6.07) is 8.18. The molecule has 1 N–H and O–H groups in total. The van der Waals surface area contributed by atoms with Crippen LogP contribution in [0.4, 0.5) is 5.69 Å². The van der Waals surface area contributed by atoms with Gasteiger partial charge >= 0.3 is 0 Å². The first-order chi connectivity index (χ1) is 12.7. The van der Waals surface area contributed by atoms with Gasteiger partial charge in [-0.15, -0.1) is 0 Å². The second kappa shape index (κ2) is 7.84. The molecule has 3 heterocycles. The van der Waals surface area contributed by atoms with E-state index in [4.69, 9.17) is 4.74 Å². The monoisotopic (exact) mass is 358 g/mol. The number of piperazine rings is 1. The highest BCUT2D eigenvalue weighted by Gasteiger charge is 2.34. The molecule has 0 aliphatic carbocycles. The van der Waals surface area contributed by atoms with Crippen LogP contribution in [0.2, 0.25) is 0 Å². The van der Waals surface area contributed by atoms with Gasteiger partial charge in [-0.2, -0.15) is 0 Å². The average Bonchev–Trinajstić information content (AvgIpc) is 3.16. The highest BCUT2D eigenvalue weighted by molar-refractivity contribution is 5.78. The molecule has 6 nitrogen and oxygen atoms in total. The molecule has 2 atom stereocenters. The van der Waals surface area contributed by atoms with Crippen molar-refractivity contribution in [1.82, 2.24) is 15.1 Å². The van der Waals surface area contributed by atoms with Crippen LogP contribution in [0, 0.1) is 11.8 Å². The molecule has 0 spiro atoms. The molecule has 0 radical (unpaired) electrons. The van der Waals surface area contributed by atoms with E-state index >= 15 is 0 Å². The van der Waals surface area contributed by atoms with Crippen molar-refractivity contribution in [3.63, 3.8) is 0 Å². The number of carbonyl (C=O) groups excluding carboxylic acids is 1. The summed E-state index contributed by atoms with van der Waals surface area (Å²) in [7, 11) is 1.69. The topological polar surface area (TPSA) is 48.1 Å². The third-order valence-corrected chi connectivity index (χ3v) is 6.22. The summed E-state index contributed by atoms with van der Waals surface area (Å²) in [5.74, 6) is 2.74. The molecule has 0 saturated carbocycles. The fraction of sp³-hybridized carbons (Fsp3) is 0.650. The standard InChI is InChI=1S/C20H30N4O2/c1-26-19-4-2-18(3-5-19)23-8-10-24(11-9-23)20(25)15-22-7-6-16-12-21-13-17(16)14-22/h2-5,16-17,21H,6-15H2,1H3/t16-,17-/m1/s1. The minimum Gasteiger partial charge on any atom is -0.497 e. The van der Waals surface area contributed by atoms with Gasteiger partial charge < -0.3 is 19.9 Å². The molecule has 3 fully saturated rings. The van der Waals surface area contributed by atoms with Gasteiger partial charge in [0.15, 0.2) is 0 Å². The number of benzene rings is 1. The summed E-state index contributed by atoms with van der Waals surface area (Å²) in [5.41, 5.74) is 1.20. The van der Waals surface area contributed by atoms with Crippen LogP contribution in [0.1, 0.15) is 6.42 Å². The van der Waals surface area contributed by atoms with E-state index in [0.717, 1.165) is 63.4 Å². The number of anilines is 1. The Bertz CT molecular complexity index is 613. The van der Waals surface area contributed by atoms with E-state index in [-0.39, 0.29) is 0 Å². The molecule has 0 bridgehead atoms. The average molecular weight is 358 g/mol. The number of methoxy groups -OCH3 is 1. The van der Waals surface area contributed by atoms with E-state index in [0.29, 0.717) is 12.5 Å². The zero-order chi connectivity index (χ0) is 17.9. The number of hydrogen-bond donors (Lipinski definition) is 1. The zero-order valence-corrected chi connectivity index (χ0v) is 15.7. The molecule has 1 amide bonds. The molecule has 6 heteroatoms. The molecule has 4 rings (SSSR count). The molecule has 3 saturated heterocycles. The van der Waals surface area contributed by atoms with Gasteiger partial charge in [0.1, 0.15) is 5.75 Å². The fourth-order valence-electron chi connectivity index (χ4n) is 4.55. The van der Waals surface area contributed by atoms with Crippen molar-refractivity contribution >= 4 is 11.6 Å². The molecule has 0 aromatic heterocycles. The van der Waals surface area contributed by atoms with E-state index in [1.165, 1.54) is 18.7 Å². The fourth-order valence-corrected chi connectivity index (χ4v) is 4.55. The number of fused-ring (bicyclic) bond motifs is 1. The normalized spacial score (nSPS) is 26.7. The SMILES string of the molecule is COc1ccc(N2CCN(C(=O)CN3CC[C@@H]4CNC[C@@H]4C3)CC2)cc1. The highest BCUT2D eigenvalue weighted by atomic mass is 16.5. The Morgan fingerprint density at radius 1 is 1.08 bits per heavy atom. The molecule has 142 valence electrons. The largest absolute Gasteiger partial charge is 0.497 e. The van der Waals surface area contributed by atoms with Crippen molar-refractivity contribution in [1.29, 1.82) is 0 Å². The van der Waals surface area contributed by atoms with E-state index in [1.54, 1.807) is 7.11 Å². The van der Waals surface area contributed by atoms with Crippen LogP contribution in [0.15, 0.2) is 24.3 Å². The molecule has 1 aromatic rings. The van der Waals surface area contributed by atoms with Crippen molar-refractivity contribution in [2.24, 2.45) is 11.8 Å². The van der Waals surface area contributed by atoms with Crippen LogP contribution in [0.5, 0.6) is 5.75 Å². The number of rotatable bonds is 4. The van der Waals surface area contributed by atoms with Crippen LogP contribution in [-0.2, 0) is 4.79 Å². The molecular formula is C20H30N4O2. The zero-order valence-electron chi connectivity index (χ0n) is 15.7. The van der Waals surface area contributed by atoms with Crippen LogP contribution in [0.25, 0.3) is 0 Å². The Balaban J connectivity index is 1.25. The van der Waals surface area contributed by atoms with Crippen LogP contribution >= 0.6 is 0 Å². The number of nitrogens with one attached hydrogen (secondary N) is 1. The van der Waals surface area contributed by atoms with Gasteiger partial charge in [0.25, 0.3) is 0 Å². The Morgan fingerprint density at radius 3 is 2.54 bits per heavy atom. The molecule has 1 aromatic carbocycles. The van der Waals surface area contributed by atoms with Crippen molar-refractivity contribution in [2.45, 2.75) is 6.42 Å². The van der Waals surface area contributed by atoms with Gasteiger partial charge in [0.2, 0.25) is 5.91 Å². The molecule has 3 aliphatic rings. The van der Waals surface area contributed by atoms with Crippen molar-refractivity contribution in [3.8, 4) is 5.75 Å². The number of likely N-dealkylation sites (tertiary alicyclic amines) is 1. The molecular weight excluding hydrogens is 328 g/mol. The summed E-state index contributed by atoms with van der Waals surface area (Å²) in [6.45, 7) is 8.44. The Hall–Kier alpha value is -1.79. The van der Waals surface area contributed by atoms with Gasteiger partial charge in [-0.05, 0) is 62.2 Å². The quantitative estimate of drug-likeness (QED) is 0.866. The highest BCUT2D eigenvalue weighted by Crippen LogP contribution is 2.26.